The fourth-order valence-corrected chi connectivity index (χ4v) is 5.45. The minimum absolute atomic E-state index is 0.0783. The van der Waals surface area contributed by atoms with Crippen molar-refractivity contribution in [3.8, 4) is 11.1 Å². The number of ether oxygens (including phenoxy) is 1. The molecule has 0 aromatic heterocycles. The second kappa shape index (κ2) is 10.5. The van der Waals surface area contributed by atoms with Crippen molar-refractivity contribution in [1.29, 1.82) is 0 Å². The Morgan fingerprint density at radius 2 is 1.65 bits per heavy atom. The number of thioether (sulfide) groups is 1. The summed E-state index contributed by atoms with van der Waals surface area (Å²) in [5, 5.41) is 15.1. The van der Waals surface area contributed by atoms with E-state index in [1.807, 2.05) is 42.7 Å². The molecule has 0 bridgehead atoms. The maximum absolute atomic E-state index is 13.0. The number of carbonyl (C=O) groups is 3. The summed E-state index contributed by atoms with van der Waals surface area (Å²) in [6.45, 7) is 0.149. The van der Waals surface area contributed by atoms with Crippen LogP contribution in [0, 0.1) is 0 Å². The molecule has 4 rings (SSSR count). The van der Waals surface area contributed by atoms with Gasteiger partial charge in [-0.25, -0.2) is 9.59 Å². The molecule has 2 aromatic carbocycles. The van der Waals surface area contributed by atoms with Crippen molar-refractivity contribution < 1.29 is 24.2 Å². The smallest absolute Gasteiger partial charge is 0.407 e. The van der Waals surface area contributed by atoms with Crippen molar-refractivity contribution in [2.75, 3.05) is 18.6 Å². The molecule has 1 fully saturated rings. The standard InChI is InChI=1S/C26H30N2O5S/c1-34-15-12-22(23(29)28-26(24(30)31)13-6-7-14-26)27-25(32)33-16-21-19-10-4-2-8-17(19)18-9-3-5-11-20(18)21/h2-5,8-11,21-22H,6-7,12-16H2,1H3,(H,27,32)(H,28,29)(H,30,31)/t22-/m0/s1. The van der Waals surface area contributed by atoms with Gasteiger partial charge in [0.2, 0.25) is 5.91 Å². The van der Waals surface area contributed by atoms with Gasteiger partial charge in [0.05, 0.1) is 0 Å². The first kappa shape index (κ1) is 24.1. The molecule has 0 heterocycles. The number of carboxylic acid groups (broad SMARTS) is 1. The molecular formula is C26H30N2O5S. The van der Waals surface area contributed by atoms with E-state index in [9.17, 15) is 19.5 Å². The van der Waals surface area contributed by atoms with Crippen molar-refractivity contribution in [3.05, 3.63) is 59.7 Å². The molecule has 2 aromatic rings. The topological polar surface area (TPSA) is 105 Å². The molecule has 0 spiro atoms. The summed E-state index contributed by atoms with van der Waals surface area (Å²) in [7, 11) is 0. The van der Waals surface area contributed by atoms with E-state index in [1.54, 1.807) is 11.8 Å². The number of fused-ring (bicyclic) bond motifs is 3. The summed E-state index contributed by atoms with van der Waals surface area (Å²) in [4.78, 5) is 37.5. The lowest BCUT2D eigenvalue weighted by molar-refractivity contribution is -0.147. The maximum Gasteiger partial charge on any atom is 0.407 e. The van der Waals surface area contributed by atoms with Crippen molar-refractivity contribution in [2.24, 2.45) is 0 Å². The van der Waals surface area contributed by atoms with E-state index >= 15 is 0 Å². The lowest BCUT2D eigenvalue weighted by atomic mass is 9.97. The Hall–Kier alpha value is -3.00. The SMILES string of the molecule is CSCC[C@H](NC(=O)OCC1c2ccccc2-c2ccccc21)C(=O)NC1(C(=O)O)CCCC1. The molecule has 7 nitrogen and oxygen atoms in total. The van der Waals surface area contributed by atoms with E-state index < -0.39 is 29.6 Å². The first-order valence-corrected chi connectivity index (χ1v) is 13.0. The molecule has 8 heteroatoms. The molecule has 0 unspecified atom stereocenters. The van der Waals surface area contributed by atoms with Gasteiger partial charge in [0.15, 0.2) is 0 Å². The molecular weight excluding hydrogens is 452 g/mol. The van der Waals surface area contributed by atoms with Gasteiger partial charge in [-0.2, -0.15) is 11.8 Å². The van der Waals surface area contributed by atoms with Crippen LogP contribution in [-0.2, 0) is 14.3 Å². The van der Waals surface area contributed by atoms with E-state index in [2.05, 4.69) is 22.8 Å². The van der Waals surface area contributed by atoms with Crippen molar-refractivity contribution in [1.82, 2.24) is 10.6 Å². The molecule has 34 heavy (non-hydrogen) atoms. The zero-order chi connectivity index (χ0) is 24.1. The van der Waals surface area contributed by atoms with Gasteiger partial charge in [-0.1, -0.05) is 61.4 Å². The Morgan fingerprint density at radius 3 is 2.21 bits per heavy atom. The van der Waals surface area contributed by atoms with Gasteiger partial charge in [-0.3, -0.25) is 4.79 Å². The average Bonchev–Trinajstić information content (AvgIpc) is 3.44. The Bertz CT molecular complexity index is 1020. The lowest BCUT2D eigenvalue weighted by Crippen LogP contribution is -2.58. The van der Waals surface area contributed by atoms with Crippen molar-refractivity contribution in [3.63, 3.8) is 0 Å². The average molecular weight is 483 g/mol. The van der Waals surface area contributed by atoms with Crippen LogP contribution in [-0.4, -0.2) is 53.3 Å². The van der Waals surface area contributed by atoms with E-state index in [0.29, 0.717) is 25.0 Å². The van der Waals surface area contributed by atoms with Crippen LogP contribution in [0.25, 0.3) is 11.1 Å². The molecule has 0 saturated heterocycles. The number of rotatable bonds is 9. The third-order valence-corrected chi connectivity index (χ3v) is 7.44. The lowest BCUT2D eigenvalue weighted by Gasteiger charge is -2.28. The zero-order valence-corrected chi connectivity index (χ0v) is 20.0. The van der Waals surface area contributed by atoms with Crippen LogP contribution in [0.2, 0.25) is 0 Å². The fraction of sp³-hybridized carbons (Fsp3) is 0.423. The highest BCUT2D eigenvalue weighted by Crippen LogP contribution is 2.44. The Kier molecular flexibility index (Phi) is 7.46. The minimum atomic E-state index is -1.25. The second-order valence-corrected chi connectivity index (χ2v) is 9.87. The molecule has 3 N–H and O–H groups in total. The maximum atomic E-state index is 13.0. The van der Waals surface area contributed by atoms with Gasteiger partial charge < -0.3 is 20.5 Å². The molecule has 0 aliphatic heterocycles. The van der Waals surface area contributed by atoms with Gasteiger partial charge in [-0.15, -0.1) is 0 Å². The number of carboxylic acids is 1. The number of hydrogen-bond acceptors (Lipinski definition) is 5. The van der Waals surface area contributed by atoms with Crippen LogP contribution in [0.3, 0.4) is 0 Å². The number of benzene rings is 2. The molecule has 2 amide bonds. The summed E-state index contributed by atoms with van der Waals surface area (Å²) in [6, 6.07) is 15.3. The number of alkyl carbamates (subject to hydrolysis) is 1. The largest absolute Gasteiger partial charge is 0.480 e. The molecule has 1 saturated carbocycles. The van der Waals surface area contributed by atoms with Gasteiger partial charge in [0, 0.05) is 5.92 Å². The Balaban J connectivity index is 1.42. The van der Waals surface area contributed by atoms with Crippen LogP contribution in [0.4, 0.5) is 4.79 Å². The quantitative estimate of drug-likeness (QED) is 0.496. The minimum Gasteiger partial charge on any atom is -0.480 e. The number of hydrogen-bond donors (Lipinski definition) is 3. The third-order valence-electron chi connectivity index (χ3n) is 6.79. The zero-order valence-electron chi connectivity index (χ0n) is 19.2. The molecule has 1 atom stereocenters. The summed E-state index contributed by atoms with van der Waals surface area (Å²) < 4.78 is 5.59. The molecule has 2 aliphatic rings. The van der Waals surface area contributed by atoms with E-state index in [1.165, 1.54) is 0 Å². The summed E-state index contributed by atoms with van der Waals surface area (Å²) in [5.41, 5.74) is 3.24. The summed E-state index contributed by atoms with van der Waals surface area (Å²) in [5.74, 6) is -0.942. The van der Waals surface area contributed by atoms with Crippen LogP contribution in [0.5, 0.6) is 0 Å². The number of amides is 2. The van der Waals surface area contributed by atoms with Crippen LogP contribution in [0.15, 0.2) is 48.5 Å². The van der Waals surface area contributed by atoms with Gasteiger partial charge in [0.1, 0.15) is 18.2 Å². The number of aliphatic carboxylic acids is 1. The predicted molar refractivity (Wildman–Crippen MR) is 132 cm³/mol. The van der Waals surface area contributed by atoms with Crippen LogP contribution < -0.4 is 10.6 Å². The predicted octanol–water partition coefficient (Wildman–Crippen LogP) is 4.16. The Morgan fingerprint density at radius 1 is 1.06 bits per heavy atom. The second-order valence-electron chi connectivity index (χ2n) is 8.89. The first-order chi connectivity index (χ1) is 16.4. The highest BCUT2D eigenvalue weighted by Gasteiger charge is 2.43. The number of carbonyl (C=O) groups excluding carboxylic acids is 2. The third kappa shape index (κ3) is 4.92. The summed E-state index contributed by atoms with van der Waals surface area (Å²) >= 11 is 1.55. The van der Waals surface area contributed by atoms with Crippen LogP contribution in [0.1, 0.15) is 49.1 Å². The molecule has 0 radical (unpaired) electrons. The van der Waals surface area contributed by atoms with E-state index in [0.717, 1.165) is 35.1 Å². The fourth-order valence-electron chi connectivity index (χ4n) is 4.98. The monoisotopic (exact) mass is 482 g/mol. The van der Waals surface area contributed by atoms with Gasteiger partial charge in [-0.05, 0) is 53.5 Å². The molecule has 2 aliphatic carbocycles. The van der Waals surface area contributed by atoms with Crippen LogP contribution >= 0.6 is 11.8 Å². The highest BCUT2D eigenvalue weighted by molar-refractivity contribution is 7.98. The summed E-state index contributed by atoms with van der Waals surface area (Å²) in [6.07, 6.45) is 3.91. The van der Waals surface area contributed by atoms with Crippen molar-refractivity contribution in [2.45, 2.75) is 49.6 Å². The van der Waals surface area contributed by atoms with E-state index in [4.69, 9.17) is 4.74 Å². The first-order valence-electron chi connectivity index (χ1n) is 11.6. The molecule has 180 valence electrons. The van der Waals surface area contributed by atoms with E-state index in [-0.39, 0.29) is 12.5 Å². The number of nitrogens with one attached hydrogen (secondary N) is 2. The van der Waals surface area contributed by atoms with Crippen molar-refractivity contribution >= 4 is 29.7 Å². The Labute approximate surface area is 203 Å². The normalized spacial score (nSPS) is 16.9. The van der Waals surface area contributed by atoms with Gasteiger partial charge >= 0.3 is 12.1 Å². The highest BCUT2D eigenvalue weighted by atomic mass is 32.2. The van der Waals surface area contributed by atoms with Gasteiger partial charge in [0.25, 0.3) is 0 Å².